The molecular weight excluding hydrogens is 420 g/mol. The number of rotatable bonds is 4. The maximum absolute atomic E-state index is 13.9. The van der Waals surface area contributed by atoms with E-state index in [9.17, 15) is 19.5 Å². The van der Waals surface area contributed by atoms with Crippen molar-refractivity contribution >= 4 is 40.1 Å². The van der Waals surface area contributed by atoms with Crippen LogP contribution in [0.15, 0.2) is 51.7 Å². The fourth-order valence-corrected chi connectivity index (χ4v) is 4.98. The molecule has 0 saturated heterocycles. The molecule has 0 saturated carbocycles. The van der Waals surface area contributed by atoms with Crippen molar-refractivity contribution in [1.29, 1.82) is 0 Å². The smallest absolute Gasteiger partial charge is 0.291 e. The van der Waals surface area contributed by atoms with Gasteiger partial charge in [0, 0.05) is 30.3 Å². The van der Waals surface area contributed by atoms with E-state index >= 15 is 0 Å². The molecule has 2 aliphatic rings. The highest BCUT2D eigenvalue weighted by Crippen LogP contribution is 2.52. The number of aliphatic hydroxyl groups excluding tert-OH is 1. The Morgan fingerprint density at radius 1 is 1.13 bits per heavy atom. The van der Waals surface area contributed by atoms with E-state index in [1.54, 1.807) is 35.2 Å². The molecule has 31 heavy (non-hydrogen) atoms. The van der Waals surface area contributed by atoms with Crippen LogP contribution in [0.4, 0.5) is 5.69 Å². The Balaban J connectivity index is 1.92. The fourth-order valence-electron chi connectivity index (χ4n) is 4.81. The molecule has 1 unspecified atom stereocenters. The number of fused-ring (bicyclic) bond motifs is 5. The van der Waals surface area contributed by atoms with Crippen molar-refractivity contribution in [2.24, 2.45) is 0 Å². The van der Waals surface area contributed by atoms with Gasteiger partial charge in [-0.2, -0.15) is 0 Å². The van der Waals surface area contributed by atoms with E-state index in [2.05, 4.69) is 0 Å². The summed E-state index contributed by atoms with van der Waals surface area (Å²) in [5.74, 6) is -1.06. The lowest BCUT2D eigenvalue weighted by atomic mass is 9.84. The van der Waals surface area contributed by atoms with Gasteiger partial charge in [0.25, 0.3) is 11.8 Å². The number of hydrogen-bond donors (Lipinski definition) is 1. The Bertz CT molecular complexity index is 1320. The van der Waals surface area contributed by atoms with E-state index in [4.69, 9.17) is 16.0 Å². The van der Waals surface area contributed by atoms with E-state index in [0.717, 1.165) is 0 Å². The lowest BCUT2D eigenvalue weighted by molar-refractivity contribution is -0.126. The van der Waals surface area contributed by atoms with Crippen LogP contribution >= 0.6 is 11.6 Å². The summed E-state index contributed by atoms with van der Waals surface area (Å²) in [5, 5.41) is 9.99. The SMILES string of the molecule is CCN1C(=O)C2(c3ccccc31)c1c(oc3ccc(Cl)cc3c1=O)C(=O)N2CCCO. The quantitative estimate of drug-likeness (QED) is 0.676. The summed E-state index contributed by atoms with van der Waals surface area (Å²) in [6.45, 7) is 2.14. The summed E-state index contributed by atoms with van der Waals surface area (Å²) in [6.07, 6.45) is 0.253. The van der Waals surface area contributed by atoms with Gasteiger partial charge in [0.05, 0.1) is 16.6 Å². The first kappa shape index (κ1) is 19.8. The minimum atomic E-state index is -1.63. The average molecular weight is 439 g/mol. The molecule has 2 aliphatic heterocycles. The second kappa shape index (κ2) is 6.93. The Hall–Kier alpha value is -3.16. The van der Waals surface area contributed by atoms with Gasteiger partial charge in [0.2, 0.25) is 5.76 Å². The summed E-state index contributed by atoms with van der Waals surface area (Å²) in [4.78, 5) is 44.1. The molecule has 0 fully saturated rings. The van der Waals surface area contributed by atoms with Crippen LogP contribution in [0.2, 0.25) is 5.02 Å². The number of carbonyl (C=O) groups excluding carboxylic acids is 2. The predicted octanol–water partition coefficient (Wildman–Crippen LogP) is 2.89. The Labute approximate surface area is 182 Å². The number of para-hydroxylation sites is 1. The minimum Gasteiger partial charge on any atom is -0.450 e. The molecule has 1 aromatic heterocycles. The molecule has 0 bridgehead atoms. The van der Waals surface area contributed by atoms with Gasteiger partial charge in [-0.05, 0) is 37.6 Å². The van der Waals surface area contributed by atoms with Crippen LogP contribution < -0.4 is 10.3 Å². The Kier molecular flexibility index (Phi) is 4.42. The van der Waals surface area contributed by atoms with Crippen molar-refractivity contribution in [3.8, 4) is 0 Å². The number of amides is 2. The third kappa shape index (κ3) is 2.41. The molecule has 5 rings (SSSR count). The van der Waals surface area contributed by atoms with E-state index in [1.807, 2.05) is 13.0 Å². The van der Waals surface area contributed by atoms with E-state index < -0.39 is 16.9 Å². The van der Waals surface area contributed by atoms with Crippen molar-refractivity contribution in [3.63, 3.8) is 0 Å². The van der Waals surface area contributed by atoms with E-state index in [0.29, 0.717) is 22.8 Å². The van der Waals surface area contributed by atoms with Crippen molar-refractivity contribution in [2.75, 3.05) is 24.6 Å². The van der Waals surface area contributed by atoms with Gasteiger partial charge in [-0.1, -0.05) is 29.8 Å². The van der Waals surface area contributed by atoms with Crippen LogP contribution in [0, 0.1) is 0 Å². The summed E-state index contributed by atoms with van der Waals surface area (Å²) in [5.41, 5.74) is -0.647. The highest BCUT2D eigenvalue weighted by Gasteiger charge is 2.64. The monoisotopic (exact) mass is 438 g/mol. The number of nitrogens with zero attached hydrogens (tertiary/aromatic N) is 2. The van der Waals surface area contributed by atoms with Crippen LogP contribution in [-0.2, 0) is 10.3 Å². The number of aliphatic hydroxyl groups is 1. The first-order valence-corrected chi connectivity index (χ1v) is 10.5. The topological polar surface area (TPSA) is 91.1 Å². The number of likely N-dealkylation sites (N-methyl/N-ethyl adjacent to an activating group) is 1. The second-order valence-electron chi connectivity index (χ2n) is 7.59. The van der Waals surface area contributed by atoms with Gasteiger partial charge in [0.15, 0.2) is 11.0 Å². The third-order valence-corrected chi connectivity index (χ3v) is 6.29. The second-order valence-corrected chi connectivity index (χ2v) is 8.02. The van der Waals surface area contributed by atoms with Gasteiger partial charge in [-0.15, -0.1) is 0 Å². The molecule has 1 spiro atoms. The lowest BCUT2D eigenvalue weighted by Gasteiger charge is -2.34. The van der Waals surface area contributed by atoms with Crippen LogP contribution in [0.3, 0.4) is 0 Å². The number of anilines is 1. The maximum atomic E-state index is 13.9. The van der Waals surface area contributed by atoms with Crippen LogP contribution in [0.1, 0.15) is 35.0 Å². The first-order valence-electron chi connectivity index (χ1n) is 10.1. The van der Waals surface area contributed by atoms with Gasteiger partial charge >= 0.3 is 0 Å². The maximum Gasteiger partial charge on any atom is 0.291 e. The van der Waals surface area contributed by atoms with Crippen LogP contribution in [-0.4, -0.2) is 41.5 Å². The van der Waals surface area contributed by atoms with Gasteiger partial charge in [-0.25, -0.2) is 0 Å². The Morgan fingerprint density at radius 2 is 1.90 bits per heavy atom. The highest BCUT2D eigenvalue weighted by molar-refractivity contribution is 6.31. The van der Waals surface area contributed by atoms with Crippen molar-refractivity contribution < 1.29 is 19.1 Å². The third-order valence-electron chi connectivity index (χ3n) is 6.05. The molecule has 3 aromatic rings. The zero-order valence-corrected chi connectivity index (χ0v) is 17.5. The molecule has 8 heteroatoms. The van der Waals surface area contributed by atoms with Crippen molar-refractivity contribution in [1.82, 2.24) is 4.90 Å². The molecular formula is C23H19ClN2O5. The summed E-state index contributed by atoms with van der Waals surface area (Å²) < 4.78 is 5.90. The molecule has 2 aromatic carbocycles. The van der Waals surface area contributed by atoms with Gasteiger partial charge < -0.3 is 19.3 Å². The lowest BCUT2D eigenvalue weighted by Crippen LogP contribution is -2.53. The fraction of sp³-hybridized carbons (Fsp3) is 0.261. The normalized spacial score (nSPS) is 19.6. The number of carbonyl (C=O) groups is 2. The zero-order valence-electron chi connectivity index (χ0n) is 16.7. The molecule has 0 radical (unpaired) electrons. The summed E-state index contributed by atoms with van der Waals surface area (Å²) in [6, 6.07) is 11.8. The highest BCUT2D eigenvalue weighted by atomic mass is 35.5. The van der Waals surface area contributed by atoms with E-state index in [-0.39, 0.29) is 47.8 Å². The van der Waals surface area contributed by atoms with Crippen LogP contribution in [0.5, 0.6) is 0 Å². The molecule has 0 aliphatic carbocycles. The largest absolute Gasteiger partial charge is 0.450 e. The molecule has 1 N–H and O–H groups in total. The zero-order chi connectivity index (χ0) is 21.9. The van der Waals surface area contributed by atoms with Crippen molar-refractivity contribution in [2.45, 2.75) is 18.9 Å². The molecule has 2 amide bonds. The molecule has 3 heterocycles. The van der Waals surface area contributed by atoms with Gasteiger partial charge in [-0.3, -0.25) is 14.4 Å². The van der Waals surface area contributed by atoms with Crippen LogP contribution in [0.25, 0.3) is 11.0 Å². The van der Waals surface area contributed by atoms with Gasteiger partial charge in [0.1, 0.15) is 5.58 Å². The van der Waals surface area contributed by atoms with E-state index in [1.165, 1.54) is 11.0 Å². The molecule has 158 valence electrons. The standard InChI is InChI=1S/C23H19ClN2O5/c1-2-25-16-7-4-3-6-15(16)23(22(25)30)18-19(28)14-12-13(24)8-9-17(14)31-20(18)21(29)26(23)10-5-11-27/h3-4,6-9,12,27H,2,5,10-11H2,1H3. The number of hydrogen-bond acceptors (Lipinski definition) is 5. The average Bonchev–Trinajstić information content (AvgIpc) is 3.17. The first-order chi connectivity index (χ1) is 15.0. The number of halogens is 1. The summed E-state index contributed by atoms with van der Waals surface area (Å²) in [7, 11) is 0. The number of benzene rings is 2. The summed E-state index contributed by atoms with van der Waals surface area (Å²) >= 11 is 6.11. The molecule has 7 nitrogen and oxygen atoms in total. The Morgan fingerprint density at radius 3 is 2.65 bits per heavy atom. The molecule has 1 atom stereocenters. The predicted molar refractivity (Wildman–Crippen MR) is 115 cm³/mol. The van der Waals surface area contributed by atoms with Crippen molar-refractivity contribution in [3.05, 3.63) is 74.6 Å². The minimum absolute atomic E-state index is 0.0126.